The van der Waals surface area contributed by atoms with Gasteiger partial charge < -0.3 is 0 Å². The maximum atomic E-state index is 4.56. The molecule has 0 spiro atoms. The predicted octanol–water partition coefficient (Wildman–Crippen LogP) is 3.78. The largest absolute Gasteiger partial charge is 0.239 e. The molecule has 0 saturated carbocycles. The van der Waals surface area contributed by atoms with E-state index in [9.17, 15) is 0 Å². The summed E-state index contributed by atoms with van der Waals surface area (Å²) in [5.41, 5.74) is 2.33. The van der Waals surface area contributed by atoms with Gasteiger partial charge in [0.2, 0.25) is 0 Å². The summed E-state index contributed by atoms with van der Waals surface area (Å²) in [7, 11) is 0. The van der Waals surface area contributed by atoms with Gasteiger partial charge in [0.05, 0.1) is 0 Å². The maximum absolute atomic E-state index is 4.56. The number of nitrogens with zero attached hydrogens (tertiary/aromatic N) is 2. The Bertz CT molecular complexity index is 281. The zero-order chi connectivity index (χ0) is 11.3. The Morgan fingerprint density at radius 2 is 1.67 bits per heavy atom. The molecule has 0 unspecified atom stereocenters. The lowest BCUT2D eigenvalue weighted by molar-refractivity contribution is 0.545. The monoisotopic (exact) mass is 206 g/mol. The van der Waals surface area contributed by atoms with E-state index in [4.69, 9.17) is 0 Å². The van der Waals surface area contributed by atoms with Crippen LogP contribution in [0.5, 0.6) is 0 Å². The normalized spacial score (nSPS) is 11.0. The minimum Gasteiger partial charge on any atom is -0.239 e. The second-order valence-corrected chi connectivity index (χ2v) is 4.26. The van der Waals surface area contributed by atoms with Crippen LogP contribution in [0.2, 0.25) is 0 Å². The molecule has 0 aliphatic rings. The van der Waals surface area contributed by atoms with Gasteiger partial charge in [-0.25, -0.2) is 9.97 Å². The summed E-state index contributed by atoms with van der Waals surface area (Å²) in [6.45, 7) is 8.51. The lowest BCUT2D eigenvalue weighted by Crippen LogP contribution is -2.04. The van der Waals surface area contributed by atoms with Crippen molar-refractivity contribution in [1.29, 1.82) is 0 Å². The summed E-state index contributed by atoms with van der Waals surface area (Å²) in [4.78, 5) is 8.89. The molecule has 0 aliphatic carbocycles. The van der Waals surface area contributed by atoms with Crippen LogP contribution in [0.3, 0.4) is 0 Å². The molecule has 84 valence electrons. The highest BCUT2D eigenvalue weighted by Gasteiger charge is 2.12. The van der Waals surface area contributed by atoms with Crippen LogP contribution in [-0.2, 0) is 0 Å². The molecule has 2 nitrogen and oxygen atoms in total. The van der Waals surface area contributed by atoms with Crippen LogP contribution in [0.4, 0.5) is 0 Å². The average molecular weight is 206 g/mol. The zero-order valence-electron chi connectivity index (χ0n) is 10.4. The number of aromatic nitrogens is 2. The van der Waals surface area contributed by atoms with Crippen molar-refractivity contribution >= 4 is 0 Å². The fourth-order valence-electron chi connectivity index (χ4n) is 2.09. The Morgan fingerprint density at radius 1 is 1.07 bits per heavy atom. The van der Waals surface area contributed by atoms with Crippen LogP contribution in [0, 0.1) is 13.8 Å². The van der Waals surface area contributed by atoms with E-state index < -0.39 is 0 Å². The molecule has 1 rings (SSSR count). The summed E-state index contributed by atoms with van der Waals surface area (Å²) < 4.78 is 0. The zero-order valence-corrected chi connectivity index (χ0v) is 10.4. The Labute approximate surface area is 93.2 Å². The number of hydrogen-bond acceptors (Lipinski definition) is 2. The Kier molecular flexibility index (Phi) is 4.73. The van der Waals surface area contributed by atoms with Crippen molar-refractivity contribution in [3.63, 3.8) is 0 Å². The van der Waals surface area contributed by atoms with E-state index >= 15 is 0 Å². The summed E-state index contributed by atoms with van der Waals surface area (Å²) in [6, 6.07) is 2.14. The topological polar surface area (TPSA) is 25.8 Å². The second kappa shape index (κ2) is 5.84. The summed E-state index contributed by atoms with van der Waals surface area (Å²) >= 11 is 0. The van der Waals surface area contributed by atoms with Gasteiger partial charge in [-0.1, -0.05) is 26.7 Å². The van der Waals surface area contributed by atoms with Crippen LogP contribution in [0.1, 0.15) is 62.7 Å². The fraction of sp³-hybridized carbons (Fsp3) is 0.692. The first-order valence-electron chi connectivity index (χ1n) is 5.99. The molecule has 0 radical (unpaired) electrons. The highest BCUT2D eigenvalue weighted by Crippen LogP contribution is 2.24. The van der Waals surface area contributed by atoms with Gasteiger partial charge in [0.15, 0.2) is 0 Å². The minimum atomic E-state index is 0.625. The average Bonchev–Trinajstić information content (AvgIpc) is 2.16. The smallest absolute Gasteiger partial charge is 0.125 e. The van der Waals surface area contributed by atoms with Gasteiger partial charge >= 0.3 is 0 Å². The lowest BCUT2D eigenvalue weighted by atomic mass is 9.94. The van der Waals surface area contributed by atoms with Crippen molar-refractivity contribution in [2.45, 2.75) is 59.3 Å². The van der Waals surface area contributed by atoms with Gasteiger partial charge in [0.1, 0.15) is 5.82 Å². The van der Waals surface area contributed by atoms with Crippen molar-refractivity contribution in [3.05, 3.63) is 23.3 Å². The number of hydrogen-bond donors (Lipinski definition) is 0. The van der Waals surface area contributed by atoms with Gasteiger partial charge in [-0.2, -0.15) is 0 Å². The molecule has 0 N–H and O–H groups in total. The molecule has 0 fully saturated rings. The van der Waals surface area contributed by atoms with E-state index in [1.165, 1.54) is 31.4 Å². The van der Waals surface area contributed by atoms with Crippen LogP contribution >= 0.6 is 0 Å². The van der Waals surface area contributed by atoms with Crippen molar-refractivity contribution in [2.24, 2.45) is 0 Å². The first-order chi connectivity index (χ1) is 7.17. The summed E-state index contributed by atoms with van der Waals surface area (Å²) in [5.74, 6) is 1.53. The third-order valence-electron chi connectivity index (χ3n) is 2.68. The van der Waals surface area contributed by atoms with Gasteiger partial charge in [0.25, 0.3) is 0 Å². The van der Waals surface area contributed by atoms with Crippen LogP contribution < -0.4 is 0 Å². The van der Waals surface area contributed by atoms with Crippen molar-refractivity contribution < 1.29 is 0 Å². The van der Waals surface area contributed by atoms with E-state index in [2.05, 4.69) is 29.9 Å². The maximum Gasteiger partial charge on any atom is 0.125 e. The SMILES string of the molecule is CCCC(CCC)c1cc(C)nc(C)n1. The first kappa shape index (κ1) is 12.2. The molecular formula is C13H22N2. The van der Waals surface area contributed by atoms with Gasteiger partial charge in [-0.15, -0.1) is 0 Å². The second-order valence-electron chi connectivity index (χ2n) is 4.26. The summed E-state index contributed by atoms with van der Waals surface area (Å²) in [5, 5.41) is 0. The van der Waals surface area contributed by atoms with Gasteiger partial charge in [0, 0.05) is 17.3 Å². The van der Waals surface area contributed by atoms with Gasteiger partial charge in [-0.05, 0) is 32.8 Å². The van der Waals surface area contributed by atoms with Crippen LogP contribution in [-0.4, -0.2) is 9.97 Å². The van der Waals surface area contributed by atoms with Crippen LogP contribution in [0.25, 0.3) is 0 Å². The van der Waals surface area contributed by atoms with Crippen molar-refractivity contribution in [1.82, 2.24) is 9.97 Å². The van der Waals surface area contributed by atoms with E-state index in [1.807, 2.05) is 13.8 Å². The molecule has 2 heteroatoms. The third-order valence-corrected chi connectivity index (χ3v) is 2.68. The third kappa shape index (κ3) is 3.61. The number of aryl methyl sites for hydroxylation is 2. The Balaban J connectivity index is 2.88. The van der Waals surface area contributed by atoms with E-state index in [1.54, 1.807) is 0 Å². The molecule has 0 aromatic carbocycles. The first-order valence-corrected chi connectivity index (χ1v) is 5.99. The molecule has 0 atom stereocenters. The Morgan fingerprint density at radius 3 is 2.13 bits per heavy atom. The van der Waals surface area contributed by atoms with Crippen molar-refractivity contribution in [2.75, 3.05) is 0 Å². The van der Waals surface area contributed by atoms with E-state index in [-0.39, 0.29) is 0 Å². The standard InChI is InChI=1S/C13H22N2/c1-5-7-12(8-6-2)13-9-10(3)14-11(4)15-13/h9,12H,5-8H2,1-4H3. The van der Waals surface area contributed by atoms with Crippen molar-refractivity contribution in [3.8, 4) is 0 Å². The molecule has 0 saturated heterocycles. The molecule has 15 heavy (non-hydrogen) atoms. The lowest BCUT2D eigenvalue weighted by Gasteiger charge is -2.15. The predicted molar refractivity (Wildman–Crippen MR) is 64.1 cm³/mol. The molecular weight excluding hydrogens is 184 g/mol. The van der Waals surface area contributed by atoms with E-state index in [0.717, 1.165) is 11.5 Å². The van der Waals surface area contributed by atoms with Crippen LogP contribution in [0.15, 0.2) is 6.07 Å². The fourth-order valence-corrected chi connectivity index (χ4v) is 2.09. The number of rotatable bonds is 5. The summed E-state index contributed by atoms with van der Waals surface area (Å²) in [6.07, 6.45) is 4.94. The molecule has 1 aromatic rings. The molecule has 1 heterocycles. The Hall–Kier alpha value is -0.920. The molecule has 0 bridgehead atoms. The molecule has 0 amide bonds. The minimum absolute atomic E-state index is 0.625. The molecule has 1 aromatic heterocycles. The van der Waals surface area contributed by atoms with E-state index in [0.29, 0.717) is 5.92 Å². The highest BCUT2D eigenvalue weighted by atomic mass is 14.9. The molecule has 0 aliphatic heterocycles. The van der Waals surface area contributed by atoms with Gasteiger partial charge in [-0.3, -0.25) is 0 Å². The quantitative estimate of drug-likeness (QED) is 0.732. The highest BCUT2D eigenvalue weighted by molar-refractivity contribution is 5.14.